The molecule has 3 aromatic rings. The zero-order valence-electron chi connectivity index (χ0n) is 17.4. The number of nitro benzene ring substituents is 1. The number of nitrogens with one attached hydrogen (secondary N) is 1. The average molecular weight is 455 g/mol. The minimum absolute atomic E-state index is 0.0290. The Morgan fingerprint density at radius 2 is 1.72 bits per heavy atom. The predicted octanol–water partition coefficient (Wildman–Crippen LogP) is 3.75. The molecule has 0 heterocycles. The number of nitrogens with zero attached hydrogens (tertiary/aromatic N) is 2. The summed E-state index contributed by atoms with van der Waals surface area (Å²) in [5.41, 5.74) is 1.05. The SMILES string of the molecule is COc1ccc([N+](=O)[O-])cc1NC(=O)CN(c1ccc(C)cc1)S(=O)(=O)c1ccccc1. The number of hydrogen-bond acceptors (Lipinski definition) is 6. The van der Waals surface area contributed by atoms with Crippen LogP contribution in [0.25, 0.3) is 0 Å². The fraction of sp³-hybridized carbons (Fsp3) is 0.136. The molecule has 0 aliphatic heterocycles. The number of ether oxygens (including phenoxy) is 1. The Balaban J connectivity index is 1.95. The van der Waals surface area contributed by atoms with E-state index in [0.29, 0.717) is 5.69 Å². The number of carbonyl (C=O) groups excluding carboxylic acids is 1. The molecule has 0 spiro atoms. The Hall–Kier alpha value is -3.92. The quantitative estimate of drug-likeness (QED) is 0.408. The zero-order chi connectivity index (χ0) is 23.3. The maximum absolute atomic E-state index is 13.3. The van der Waals surface area contributed by atoms with Crippen LogP contribution in [0.2, 0.25) is 0 Å². The maximum Gasteiger partial charge on any atom is 0.271 e. The summed E-state index contributed by atoms with van der Waals surface area (Å²) in [7, 11) is -2.70. The van der Waals surface area contributed by atoms with Crippen molar-refractivity contribution in [3.8, 4) is 5.75 Å². The third-order valence-corrected chi connectivity index (χ3v) is 6.40. The molecule has 0 aliphatic rings. The lowest BCUT2D eigenvalue weighted by Crippen LogP contribution is -2.38. The number of carbonyl (C=O) groups is 1. The second-order valence-corrected chi connectivity index (χ2v) is 8.71. The van der Waals surface area contributed by atoms with Crippen LogP contribution in [0.1, 0.15) is 5.56 Å². The molecule has 0 aromatic heterocycles. The highest BCUT2D eigenvalue weighted by Crippen LogP contribution is 2.29. The van der Waals surface area contributed by atoms with Crippen molar-refractivity contribution < 1.29 is 22.9 Å². The van der Waals surface area contributed by atoms with Gasteiger partial charge in [0.25, 0.3) is 15.7 Å². The number of benzene rings is 3. The highest BCUT2D eigenvalue weighted by atomic mass is 32.2. The van der Waals surface area contributed by atoms with E-state index >= 15 is 0 Å². The van der Waals surface area contributed by atoms with E-state index in [0.717, 1.165) is 15.9 Å². The van der Waals surface area contributed by atoms with E-state index in [1.807, 2.05) is 6.92 Å². The van der Waals surface area contributed by atoms with Crippen molar-refractivity contribution in [2.75, 3.05) is 23.3 Å². The summed E-state index contributed by atoms with van der Waals surface area (Å²) >= 11 is 0. The first-order valence-electron chi connectivity index (χ1n) is 9.49. The monoisotopic (exact) mass is 455 g/mol. The lowest BCUT2D eigenvalue weighted by Gasteiger charge is -2.24. The summed E-state index contributed by atoms with van der Waals surface area (Å²) < 4.78 is 32.7. The number of nitro groups is 1. The molecule has 0 unspecified atom stereocenters. The molecule has 1 N–H and O–H groups in total. The molecule has 3 aromatic carbocycles. The van der Waals surface area contributed by atoms with Gasteiger partial charge in [0, 0.05) is 12.1 Å². The van der Waals surface area contributed by atoms with Crippen molar-refractivity contribution >= 4 is 33.0 Å². The van der Waals surface area contributed by atoms with Crippen LogP contribution in [0.3, 0.4) is 0 Å². The van der Waals surface area contributed by atoms with Gasteiger partial charge in [-0.2, -0.15) is 0 Å². The molecule has 0 saturated heterocycles. The van der Waals surface area contributed by atoms with Crippen LogP contribution in [0.5, 0.6) is 5.75 Å². The molecule has 0 atom stereocenters. The molecule has 0 aliphatic carbocycles. The molecular weight excluding hydrogens is 434 g/mol. The van der Waals surface area contributed by atoms with Crippen LogP contribution in [0.15, 0.2) is 77.7 Å². The molecule has 0 radical (unpaired) electrons. The van der Waals surface area contributed by atoms with Gasteiger partial charge in [0.1, 0.15) is 12.3 Å². The second-order valence-electron chi connectivity index (χ2n) is 6.85. The van der Waals surface area contributed by atoms with Crippen LogP contribution in [-0.2, 0) is 14.8 Å². The standard InChI is InChI=1S/C22H21N3O6S/c1-16-8-10-17(11-9-16)24(32(29,30)19-6-4-3-5-7-19)15-22(26)23-20-14-18(25(27)28)12-13-21(20)31-2/h3-14H,15H2,1-2H3,(H,23,26). The third kappa shape index (κ3) is 5.03. The van der Waals surface area contributed by atoms with Gasteiger partial charge in [-0.25, -0.2) is 8.42 Å². The minimum Gasteiger partial charge on any atom is -0.495 e. The van der Waals surface area contributed by atoms with Crippen molar-refractivity contribution in [2.24, 2.45) is 0 Å². The molecule has 9 nitrogen and oxygen atoms in total. The number of amides is 1. The molecule has 0 fully saturated rings. The molecular formula is C22H21N3O6S. The first-order chi connectivity index (χ1) is 15.2. The van der Waals surface area contributed by atoms with Gasteiger partial charge in [0.2, 0.25) is 5.91 Å². The van der Waals surface area contributed by atoms with Crippen LogP contribution in [0, 0.1) is 17.0 Å². The zero-order valence-corrected chi connectivity index (χ0v) is 18.2. The van der Waals surface area contributed by atoms with Gasteiger partial charge in [-0.3, -0.25) is 19.2 Å². The Morgan fingerprint density at radius 3 is 2.31 bits per heavy atom. The Bertz CT molecular complexity index is 1230. The maximum atomic E-state index is 13.3. The van der Waals surface area contributed by atoms with E-state index in [4.69, 9.17) is 4.74 Å². The smallest absolute Gasteiger partial charge is 0.271 e. The predicted molar refractivity (Wildman–Crippen MR) is 120 cm³/mol. The topological polar surface area (TPSA) is 119 Å². The van der Waals surface area contributed by atoms with Gasteiger partial charge < -0.3 is 10.1 Å². The Kier molecular flexibility index (Phi) is 6.74. The van der Waals surface area contributed by atoms with Crippen molar-refractivity contribution in [1.82, 2.24) is 0 Å². The van der Waals surface area contributed by atoms with Gasteiger partial charge in [-0.05, 0) is 37.3 Å². The number of non-ortho nitro benzene ring substituents is 1. The van der Waals surface area contributed by atoms with E-state index in [1.54, 1.807) is 42.5 Å². The second kappa shape index (κ2) is 9.48. The van der Waals surface area contributed by atoms with Gasteiger partial charge in [-0.1, -0.05) is 35.9 Å². The Labute approximate surface area is 185 Å². The largest absolute Gasteiger partial charge is 0.495 e. The molecule has 10 heteroatoms. The van der Waals surface area contributed by atoms with Crippen LogP contribution in [-0.4, -0.2) is 32.9 Å². The Morgan fingerprint density at radius 1 is 1.06 bits per heavy atom. The van der Waals surface area contributed by atoms with Gasteiger partial charge in [0.05, 0.1) is 28.3 Å². The molecule has 0 bridgehead atoms. The normalized spacial score (nSPS) is 10.9. The van der Waals surface area contributed by atoms with Gasteiger partial charge >= 0.3 is 0 Å². The van der Waals surface area contributed by atoms with Gasteiger partial charge in [-0.15, -0.1) is 0 Å². The number of anilines is 2. The fourth-order valence-corrected chi connectivity index (χ4v) is 4.42. The van der Waals surface area contributed by atoms with Crippen molar-refractivity contribution in [3.63, 3.8) is 0 Å². The average Bonchev–Trinajstić information content (AvgIpc) is 2.78. The molecule has 32 heavy (non-hydrogen) atoms. The summed E-state index contributed by atoms with van der Waals surface area (Å²) in [5, 5.41) is 13.6. The first kappa shape index (κ1) is 22.8. The minimum atomic E-state index is -4.06. The highest BCUT2D eigenvalue weighted by Gasteiger charge is 2.27. The number of rotatable bonds is 8. The molecule has 3 rings (SSSR count). The number of sulfonamides is 1. The highest BCUT2D eigenvalue weighted by molar-refractivity contribution is 7.92. The van der Waals surface area contributed by atoms with Crippen LogP contribution < -0.4 is 14.4 Å². The summed E-state index contributed by atoms with van der Waals surface area (Å²) in [6, 6.07) is 18.2. The summed E-state index contributed by atoms with van der Waals surface area (Å²) in [6.07, 6.45) is 0. The van der Waals surface area contributed by atoms with E-state index in [-0.39, 0.29) is 22.0 Å². The number of methoxy groups -OCH3 is 1. The molecule has 166 valence electrons. The number of hydrogen-bond donors (Lipinski definition) is 1. The molecule has 0 saturated carbocycles. The van der Waals surface area contributed by atoms with E-state index in [2.05, 4.69) is 5.32 Å². The van der Waals surface area contributed by atoms with Crippen molar-refractivity contribution in [2.45, 2.75) is 11.8 Å². The van der Waals surface area contributed by atoms with E-state index < -0.39 is 27.4 Å². The summed E-state index contributed by atoms with van der Waals surface area (Å²) in [4.78, 5) is 23.4. The third-order valence-electron chi connectivity index (χ3n) is 4.61. The lowest BCUT2D eigenvalue weighted by atomic mass is 10.2. The summed E-state index contributed by atoms with van der Waals surface area (Å²) in [6.45, 7) is 1.31. The summed E-state index contributed by atoms with van der Waals surface area (Å²) in [5.74, 6) is -0.486. The van der Waals surface area contributed by atoms with Crippen LogP contribution in [0.4, 0.5) is 17.1 Å². The van der Waals surface area contributed by atoms with Crippen molar-refractivity contribution in [3.05, 3.63) is 88.5 Å². The number of aryl methyl sites for hydroxylation is 1. The molecule has 1 amide bonds. The lowest BCUT2D eigenvalue weighted by molar-refractivity contribution is -0.384. The van der Waals surface area contributed by atoms with Gasteiger partial charge in [0.15, 0.2) is 0 Å². The fourth-order valence-electron chi connectivity index (χ4n) is 2.97. The van der Waals surface area contributed by atoms with Crippen molar-refractivity contribution in [1.29, 1.82) is 0 Å². The van der Waals surface area contributed by atoms with E-state index in [1.165, 1.54) is 31.4 Å². The van der Waals surface area contributed by atoms with Crippen LogP contribution >= 0.6 is 0 Å². The first-order valence-corrected chi connectivity index (χ1v) is 10.9. The van der Waals surface area contributed by atoms with E-state index in [9.17, 15) is 23.3 Å².